The summed E-state index contributed by atoms with van der Waals surface area (Å²) < 4.78 is 1.68. The number of phenolic OH excluding ortho intramolecular Hbond substituents is 1. The van der Waals surface area contributed by atoms with Gasteiger partial charge in [-0.25, -0.2) is 4.68 Å². The number of amides is 1. The van der Waals surface area contributed by atoms with Crippen molar-refractivity contribution in [3.8, 4) is 5.75 Å². The predicted octanol–water partition coefficient (Wildman–Crippen LogP) is 5.15. The first-order chi connectivity index (χ1) is 15.7. The summed E-state index contributed by atoms with van der Waals surface area (Å²) in [6.07, 6.45) is 2.61. The highest BCUT2D eigenvalue weighted by Gasteiger charge is 2.42. The fraction of sp³-hybridized carbons (Fsp3) is 0.240. The minimum absolute atomic E-state index is 0.0557. The number of phenols is 1. The SMILES string of the molecule is CC1(C)CC(=O)C2=C(C1)Nc1c(C(=O)Nc3ccc(Cl)cc3)cnn1C2c1ccc(O)cc1. The van der Waals surface area contributed by atoms with Crippen LogP contribution >= 0.6 is 11.6 Å². The Morgan fingerprint density at radius 1 is 1.15 bits per heavy atom. The number of hydrogen-bond acceptors (Lipinski definition) is 5. The van der Waals surface area contributed by atoms with Gasteiger partial charge in [0.15, 0.2) is 5.78 Å². The Morgan fingerprint density at radius 3 is 2.55 bits per heavy atom. The number of carbonyl (C=O) groups is 2. The summed E-state index contributed by atoms with van der Waals surface area (Å²) in [5, 5.41) is 21.1. The topological polar surface area (TPSA) is 96.3 Å². The number of halogens is 1. The molecule has 0 spiro atoms. The fourth-order valence-corrected chi connectivity index (χ4v) is 4.70. The van der Waals surface area contributed by atoms with Crippen LogP contribution in [0.1, 0.15) is 48.7 Å². The van der Waals surface area contributed by atoms with Crippen LogP contribution in [0.2, 0.25) is 5.02 Å². The normalized spacial score (nSPS) is 18.9. The van der Waals surface area contributed by atoms with Crippen LogP contribution in [0.25, 0.3) is 0 Å². The summed E-state index contributed by atoms with van der Waals surface area (Å²) in [6, 6.07) is 13.1. The molecule has 7 nitrogen and oxygen atoms in total. The van der Waals surface area contributed by atoms with Crippen molar-refractivity contribution in [1.29, 1.82) is 0 Å². The summed E-state index contributed by atoms with van der Waals surface area (Å²) >= 11 is 5.94. The number of aromatic hydroxyl groups is 1. The molecule has 1 aliphatic heterocycles. The van der Waals surface area contributed by atoms with Crippen LogP contribution in [0.15, 0.2) is 66.0 Å². The van der Waals surface area contributed by atoms with Crippen LogP contribution in [0.5, 0.6) is 5.75 Å². The Labute approximate surface area is 196 Å². The second-order valence-corrected chi connectivity index (χ2v) is 9.70. The Balaban J connectivity index is 1.58. The molecule has 1 atom stereocenters. The molecule has 0 fully saturated rings. The van der Waals surface area contributed by atoms with E-state index in [-0.39, 0.29) is 22.9 Å². The van der Waals surface area contributed by atoms with Crippen molar-refractivity contribution in [2.75, 3.05) is 10.6 Å². The van der Waals surface area contributed by atoms with E-state index >= 15 is 0 Å². The van der Waals surface area contributed by atoms with E-state index in [1.54, 1.807) is 53.2 Å². The van der Waals surface area contributed by atoms with E-state index in [4.69, 9.17) is 11.6 Å². The molecule has 2 aromatic carbocycles. The summed E-state index contributed by atoms with van der Waals surface area (Å²) in [5.74, 6) is 0.409. The van der Waals surface area contributed by atoms with Gasteiger partial charge in [-0.15, -0.1) is 0 Å². The molecule has 1 unspecified atom stereocenters. The monoisotopic (exact) mass is 462 g/mol. The number of anilines is 2. The molecular formula is C25H23ClN4O3. The Morgan fingerprint density at radius 2 is 1.85 bits per heavy atom. The van der Waals surface area contributed by atoms with Gasteiger partial charge < -0.3 is 15.7 Å². The molecule has 1 aromatic heterocycles. The molecule has 168 valence electrons. The molecule has 3 N–H and O–H groups in total. The minimum Gasteiger partial charge on any atom is -0.508 e. The molecule has 8 heteroatoms. The summed E-state index contributed by atoms with van der Waals surface area (Å²) in [6.45, 7) is 4.12. The van der Waals surface area contributed by atoms with Crippen LogP contribution in [-0.2, 0) is 4.79 Å². The van der Waals surface area contributed by atoms with Gasteiger partial charge in [-0.2, -0.15) is 5.10 Å². The van der Waals surface area contributed by atoms with Crippen LogP contribution < -0.4 is 10.6 Å². The average Bonchev–Trinajstić information content (AvgIpc) is 3.17. The standard InChI is InChI=1S/C25H23ClN4O3/c1-25(2)11-19-21(20(32)12-25)22(14-3-9-17(31)10-4-14)30-23(29-19)18(13-27-30)24(33)28-16-7-5-15(26)6-8-16/h3-10,13,22,29,31H,11-12H2,1-2H3,(H,28,33). The van der Waals surface area contributed by atoms with E-state index < -0.39 is 6.04 Å². The van der Waals surface area contributed by atoms with E-state index in [1.807, 2.05) is 0 Å². The zero-order chi connectivity index (χ0) is 23.3. The quantitative estimate of drug-likeness (QED) is 0.500. The van der Waals surface area contributed by atoms with Gasteiger partial charge in [0, 0.05) is 28.4 Å². The number of nitrogens with one attached hydrogen (secondary N) is 2. The molecule has 3 aromatic rings. The average molecular weight is 463 g/mol. The van der Waals surface area contributed by atoms with E-state index in [0.717, 1.165) is 11.3 Å². The highest BCUT2D eigenvalue weighted by atomic mass is 35.5. The van der Waals surface area contributed by atoms with Crippen LogP contribution in [0.3, 0.4) is 0 Å². The van der Waals surface area contributed by atoms with Crippen molar-refractivity contribution in [2.24, 2.45) is 5.41 Å². The summed E-state index contributed by atoms with van der Waals surface area (Å²) in [4.78, 5) is 26.4. The lowest BCUT2D eigenvalue weighted by Gasteiger charge is -2.39. The third-order valence-electron chi connectivity index (χ3n) is 6.06. The number of ketones is 1. The molecule has 5 rings (SSSR count). The minimum atomic E-state index is -0.488. The smallest absolute Gasteiger partial charge is 0.261 e. The van der Waals surface area contributed by atoms with E-state index in [9.17, 15) is 14.7 Å². The van der Waals surface area contributed by atoms with Crippen molar-refractivity contribution < 1.29 is 14.7 Å². The van der Waals surface area contributed by atoms with Gasteiger partial charge in [-0.3, -0.25) is 9.59 Å². The molecule has 1 amide bonds. The zero-order valence-corrected chi connectivity index (χ0v) is 19.0. The van der Waals surface area contributed by atoms with Gasteiger partial charge in [-0.1, -0.05) is 37.6 Å². The molecule has 0 saturated carbocycles. The van der Waals surface area contributed by atoms with Crippen molar-refractivity contribution in [1.82, 2.24) is 9.78 Å². The number of benzene rings is 2. The lowest BCUT2D eigenvalue weighted by Crippen LogP contribution is -2.36. The van der Waals surface area contributed by atoms with Crippen molar-refractivity contribution in [3.05, 3.63) is 82.1 Å². The maximum absolute atomic E-state index is 13.2. The summed E-state index contributed by atoms with van der Waals surface area (Å²) in [7, 11) is 0. The van der Waals surface area contributed by atoms with Crippen molar-refractivity contribution in [3.63, 3.8) is 0 Å². The highest BCUT2D eigenvalue weighted by Crippen LogP contribution is 2.46. The first-order valence-corrected chi connectivity index (χ1v) is 11.1. The van der Waals surface area contributed by atoms with E-state index in [0.29, 0.717) is 40.5 Å². The zero-order valence-electron chi connectivity index (χ0n) is 18.2. The third kappa shape index (κ3) is 3.89. The van der Waals surface area contributed by atoms with Gasteiger partial charge in [0.1, 0.15) is 23.2 Å². The van der Waals surface area contributed by atoms with Gasteiger partial charge >= 0.3 is 0 Å². The number of hydrogen-bond donors (Lipinski definition) is 3. The summed E-state index contributed by atoms with van der Waals surface area (Å²) in [5.41, 5.74) is 3.06. The first-order valence-electron chi connectivity index (χ1n) is 10.7. The molecule has 33 heavy (non-hydrogen) atoms. The number of carbonyl (C=O) groups excluding carboxylic acids is 2. The second kappa shape index (κ2) is 7.78. The van der Waals surface area contributed by atoms with Gasteiger partial charge in [0.05, 0.1) is 6.20 Å². The Hall–Kier alpha value is -3.58. The number of allylic oxidation sites excluding steroid dienone is 2. The lowest BCUT2D eigenvalue weighted by molar-refractivity contribution is -0.118. The van der Waals surface area contributed by atoms with Crippen LogP contribution in [-0.4, -0.2) is 26.6 Å². The van der Waals surface area contributed by atoms with E-state index in [2.05, 4.69) is 29.6 Å². The number of Topliss-reactive ketones (excluding diaryl/α,β-unsaturated/α-hetero) is 1. The Bertz CT molecular complexity index is 1290. The first kappa shape index (κ1) is 21.3. The van der Waals surface area contributed by atoms with E-state index in [1.165, 1.54) is 6.20 Å². The maximum atomic E-state index is 13.2. The highest BCUT2D eigenvalue weighted by molar-refractivity contribution is 6.30. The third-order valence-corrected chi connectivity index (χ3v) is 6.31. The molecule has 2 heterocycles. The molecule has 2 aliphatic rings. The number of rotatable bonds is 3. The van der Waals surface area contributed by atoms with Crippen LogP contribution in [0.4, 0.5) is 11.5 Å². The lowest BCUT2D eigenvalue weighted by atomic mass is 9.73. The largest absolute Gasteiger partial charge is 0.508 e. The Kier molecular flexibility index (Phi) is 5.01. The molecule has 1 aliphatic carbocycles. The van der Waals surface area contributed by atoms with Gasteiger partial charge in [-0.05, 0) is 53.8 Å². The predicted molar refractivity (Wildman–Crippen MR) is 127 cm³/mol. The molecular weight excluding hydrogens is 440 g/mol. The fourth-order valence-electron chi connectivity index (χ4n) is 4.57. The molecule has 0 radical (unpaired) electrons. The number of aromatic nitrogens is 2. The second-order valence-electron chi connectivity index (χ2n) is 9.26. The number of fused-ring (bicyclic) bond motifs is 1. The van der Waals surface area contributed by atoms with Crippen molar-refractivity contribution in [2.45, 2.75) is 32.7 Å². The van der Waals surface area contributed by atoms with Crippen LogP contribution in [0, 0.1) is 5.41 Å². The molecule has 0 saturated heterocycles. The molecule has 0 bridgehead atoms. The number of nitrogens with zero attached hydrogens (tertiary/aromatic N) is 2. The van der Waals surface area contributed by atoms with Gasteiger partial charge in [0.25, 0.3) is 5.91 Å². The van der Waals surface area contributed by atoms with Gasteiger partial charge in [0.2, 0.25) is 0 Å². The van der Waals surface area contributed by atoms with Crippen molar-refractivity contribution >= 4 is 34.8 Å². The maximum Gasteiger partial charge on any atom is 0.261 e.